The monoisotopic (exact) mass is 209 g/mol. The molecule has 1 radical (unpaired) electrons. The molecule has 3 heteroatoms. The second-order valence-electron chi connectivity index (χ2n) is 3.31. The molecule has 16 heavy (non-hydrogen) atoms. The van der Waals surface area contributed by atoms with Crippen molar-refractivity contribution in [3.05, 3.63) is 65.7 Å². The van der Waals surface area contributed by atoms with Crippen LogP contribution in [0.5, 0.6) is 0 Å². The molecule has 0 aromatic heterocycles. The summed E-state index contributed by atoms with van der Waals surface area (Å²) in [7, 11) is 0. The van der Waals surface area contributed by atoms with Gasteiger partial charge in [0.15, 0.2) is 5.78 Å². The average molecular weight is 209 g/mol. The molecule has 0 atom stereocenters. The molecule has 0 aliphatic rings. The number of rotatable bonds is 3. The second-order valence-corrected chi connectivity index (χ2v) is 3.31. The summed E-state index contributed by atoms with van der Waals surface area (Å²) in [5.74, 6) is -0.144. The molecule has 0 aliphatic carbocycles. The number of nitrogens with zero attached hydrogens (tertiary/aromatic N) is 2. The molecule has 2 rings (SSSR count). The summed E-state index contributed by atoms with van der Waals surface area (Å²) < 4.78 is 0. The first-order chi connectivity index (χ1) is 7.83. The smallest absolute Gasteiger partial charge is 0.195 e. The molecule has 0 N–H and O–H groups in total. The SMILES string of the molecule is [N]=Nc1ccccc1C(=O)c1ccccc1. The van der Waals surface area contributed by atoms with E-state index in [4.69, 9.17) is 5.53 Å². The van der Waals surface area contributed by atoms with Crippen molar-refractivity contribution in [1.82, 2.24) is 5.53 Å². The van der Waals surface area contributed by atoms with Crippen molar-refractivity contribution in [3.63, 3.8) is 0 Å². The number of hydrogen-bond acceptors (Lipinski definition) is 2. The van der Waals surface area contributed by atoms with E-state index in [2.05, 4.69) is 5.11 Å². The fourth-order valence-electron chi connectivity index (χ4n) is 1.50. The van der Waals surface area contributed by atoms with Crippen LogP contribution in [0.4, 0.5) is 5.69 Å². The van der Waals surface area contributed by atoms with Gasteiger partial charge in [0.2, 0.25) is 0 Å². The predicted molar refractivity (Wildman–Crippen MR) is 60.5 cm³/mol. The van der Waals surface area contributed by atoms with E-state index in [-0.39, 0.29) is 11.5 Å². The van der Waals surface area contributed by atoms with Crippen molar-refractivity contribution >= 4 is 11.5 Å². The molecule has 2 aromatic carbocycles. The molecule has 0 saturated heterocycles. The topological polar surface area (TPSA) is 51.7 Å². The lowest BCUT2D eigenvalue weighted by Gasteiger charge is -2.02. The van der Waals surface area contributed by atoms with Crippen LogP contribution in [0.25, 0.3) is 0 Å². The van der Waals surface area contributed by atoms with Crippen LogP contribution >= 0.6 is 0 Å². The van der Waals surface area contributed by atoms with Gasteiger partial charge in [0.25, 0.3) is 0 Å². The summed E-state index contributed by atoms with van der Waals surface area (Å²) in [6.07, 6.45) is 0. The lowest BCUT2D eigenvalue weighted by Crippen LogP contribution is -2.00. The van der Waals surface area contributed by atoms with E-state index in [1.54, 1.807) is 48.5 Å². The predicted octanol–water partition coefficient (Wildman–Crippen LogP) is 2.80. The standard InChI is InChI=1S/C13H9N2O/c14-15-12-9-5-4-8-11(12)13(16)10-6-2-1-3-7-10/h1-9H. The Morgan fingerprint density at radius 3 is 2.25 bits per heavy atom. The van der Waals surface area contributed by atoms with Gasteiger partial charge in [0.1, 0.15) is 0 Å². The normalized spacial score (nSPS) is 9.75. The van der Waals surface area contributed by atoms with Crippen LogP contribution in [-0.4, -0.2) is 5.78 Å². The second kappa shape index (κ2) is 4.49. The molecule has 0 amide bonds. The van der Waals surface area contributed by atoms with Crippen molar-refractivity contribution < 1.29 is 4.79 Å². The number of benzene rings is 2. The minimum atomic E-state index is -0.144. The van der Waals surface area contributed by atoms with E-state index in [1.165, 1.54) is 0 Å². The number of hydrogen-bond donors (Lipinski definition) is 0. The Morgan fingerprint density at radius 2 is 1.56 bits per heavy atom. The highest BCUT2D eigenvalue weighted by atomic mass is 16.1. The van der Waals surface area contributed by atoms with Crippen molar-refractivity contribution in [2.75, 3.05) is 0 Å². The summed E-state index contributed by atoms with van der Waals surface area (Å²) in [5.41, 5.74) is 10.1. The molecule has 2 aromatic rings. The van der Waals surface area contributed by atoms with E-state index >= 15 is 0 Å². The lowest BCUT2D eigenvalue weighted by atomic mass is 10.0. The highest BCUT2D eigenvalue weighted by Gasteiger charge is 2.12. The van der Waals surface area contributed by atoms with Gasteiger partial charge in [-0.3, -0.25) is 4.79 Å². The van der Waals surface area contributed by atoms with Crippen LogP contribution in [0.3, 0.4) is 0 Å². The van der Waals surface area contributed by atoms with Gasteiger partial charge in [-0.2, -0.15) is 0 Å². The first-order valence-corrected chi connectivity index (χ1v) is 4.87. The highest BCUT2D eigenvalue weighted by molar-refractivity contribution is 6.11. The third kappa shape index (κ3) is 1.88. The molecule has 0 aliphatic heterocycles. The fourth-order valence-corrected chi connectivity index (χ4v) is 1.50. The van der Waals surface area contributed by atoms with E-state index < -0.39 is 0 Å². The number of carbonyl (C=O) groups is 1. The zero-order valence-electron chi connectivity index (χ0n) is 8.50. The Labute approximate surface area is 93.3 Å². The Balaban J connectivity index is 2.46. The summed E-state index contributed by atoms with van der Waals surface area (Å²) >= 11 is 0. The summed E-state index contributed by atoms with van der Waals surface area (Å²) in [5, 5.41) is 3.10. The highest BCUT2D eigenvalue weighted by Crippen LogP contribution is 2.20. The van der Waals surface area contributed by atoms with Crippen molar-refractivity contribution in [2.24, 2.45) is 5.11 Å². The third-order valence-electron chi connectivity index (χ3n) is 2.29. The molecular formula is C13H9N2O. The number of carbonyl (C=O) groups excluding carboxylic acids is 1. The first kappa shape index (κ1) is 10.2. The molecule has 0 bridgehead atoms. The van der Waals surface area contributed by atoms with E-state index in [0.717, 1.165) is 0 Å². The van der Waals surface area contributed by atoms with E-state index in [1.807, 2.05) is 6.07 Å². The first-order valence-electron chi connectivity index (χ1n) is 4.87. The quantitative estimate of drug-likeness (QED) is 0.566. The number of ketones is 1. The summed E-state index contributed by atoms with van der Waals surface area (Å²) in [6, 6.07) is 15.6. The molecule has 77 valence electrons. The molecule has 0 saturated carbocycles. The average Bonchev–Trinajstić information content (AvgIpc) is 2.39. The van der Waals surface area contributed by atoms with Gasteiger partial charge >= 0.3 is 0 Å². The van der Waals surface area contributed by atoms with Gasteiger partial charge in [0, 0.05) is 5.56 Å². The molecule has 0 unspecified atom stereocenters. The Morgan fingerprint density at radius 1 is 0.938 bits per heavy atom. The molecule has 0 spiro atoms. The summed E-state index contributed by atoms with van der Waals surface area (Å²) in [6.45, 7) is 0. The molecular weight excluding hydrogens is 200 g/mol. The Kier molecular flexibility index (Phi) is 2.87. The largest absolute Gasteiger partial charge is 0.289 e. The van der Waals surface area contributed by atoms with Gasteiger partial charge in [-0.1, -0.05) is 42.5 Å². The van der Waals surface area contributed by atoms with Crippen molar-refractivity contribution in [2.45, 2.75) is 0 Å². The van der Waals surface area contributed by atoms with Crippen molar-refractivity contribution in [1.29, 1.82) is 0 Å². The van der Waals surface area contributed by atoms with Gasteiger partial charge < -0.3 is 0 Å². The maximum atomic E-state index is 12.1. The van der Waals surface area contributed by atoms with Crippen molar-refractivity contribution in [3.8, 4) is 0 Å². The minimum absolute atomic E-state index is 0.144. The maximum Gasteiger partial charge on any atom is 0.195 e. The fraction of sp³-hybridized carbons (Fsp3) is 0. The van der Waals surface area contributed by atoms with Gasteiger partial charge in [0.05, 0.1) is 11.3 Å². The van der Waals surface area contributed by atoms with Gasteiger partial charge in [-0.15, -0.1) is 5.11 Å². The van der Waals surface area contributed by atoms with Crippen LogP contribution in [0.15, 0.2) is 59.7 Å². The van der Waals surface area contributed by atoms with Crippen LogP contribution in [0.1, 0.15) is 15.9 Å². The van der Waals surface area contributed by atoms with Crippen LogP contribution in [-0.2, 0) is 0 Å². The maximum absolute atomic E-state index is 12.1. The molecule has 0 fully saturated rings. The molecule has 3 nitrogen and oxygen atoms in total. The zero-order chi connectivity index (χ0) is 11.4. The van der Waals surface area contributed by atoms with Crippen LogP contribution in [0, 0.1) is 0 Å². The Hall–Kier alpha value is -2.29. The van der Waals surface area contributed by atoms with Gasteiger partial charge in [-0.25, -0.2) is 0 Å². The Bertz CT molecular complexity index is 520. The van der Waals surface area contributed by atoms with Crippen LogP contribution < -0.4 is 5.53 Å². The van der Waals surface area contributed by atoms with Crippen LogP contribution in [0.2, 0.25) is 0 Å². The molecule has 0 heterocycles. The zero-order valence-corrected chi connectivity index (χ0v) is 8.50. The van der Waals surface area contributed by atoms with E-state index in [9.17, 15) is 4.79 Å². The van der Waals surface area contributed by atoms with E-state index in [0.29, 0.717) is 11.1 Å². The third-order valence-corrected chi connectivity index (χ3v) is 2.29. The van der Waals surface area contributed by atoms with Gasteiger partial charge in [-0.05, 0) is 17.7 Å². The summed E-state index contributed by atoms with van der Waals surface area (Å²) in [4.78, 5) is 12.1. The minimum Gasteiger partial charge on any atom is -0.289 e. The lowest BCUT2D eigenvalue weighted by molar-refractivity contribution is 0.103.